The van der Waals surface area contributed by atoms with Gasteiger partial charge in [-0.3, -0.25) is 9.59 Å². The smallest absolute Gasteiger partial charge is 0.240 e. The first kappa shape index (κ1) is 25.5. The topological polar surface area (TPSA) is 128 Å². The third kappa shape index (κ3) is 5.70. The summed E-state index contributed by atoms with van der Waals surface area (Å²) in [5.41, 5.74) is 10.3. The average molecular weight is 516 g/mol. The summed E-state index contributed by atoms with van der Waals surface area (Å²) in [6.07, 6.45) is 3.67. The van der Waals surface area contributed by atoms with Crippen molar-refractivity contribution in [1.29, 1.82) is 0 Å². The van der Waals surface area contributed by atoms with Crippen LogP contribution in [0, 0.1) is 0 Å². The maximum atomic E-state index is 12.0. The number of aromatic nitrogens is 2. The van der Waals surface area contributed by atoms with E-state index in [9.17, 15) is 9.59 Å². The lowest BCUT2D eigenvalue weighted by atomic mass is 10.1. The van der Waals surface area contributed by atoms with Crippen LogP contribution in [0.5, 0.6) is 0 Å². The van der Waals surface area contributed by atoms with Crippen LogP contribution in [0.1, 0.15) is 19.3 Å². The summed E-state index contributed by atoms with van der Waals surface area (Å²) in [5.74, 6) is 0.233. The molecule has 38 heavy (non-hydrogen) atoms. The van der Waals surface area contributed by atoms with E-state index in [-0.39, 0.29) is 30.9 Å². The van der Waals surface area contributed by atoms with E-state index in [4.69, 9.17) is 10.8 Å². The largest absolute Gasteiger partial charge is 0.396 e. The highest BCUT2D eigenvalue weighted by atomic mass is 16.3. The molecule has 0 radical (unpaired) electrons. The molecule has 2 aliphatic rings. The number of hydrogen-bond donors (Lipinski definition) is 3. The van der Waals surface area contributed by atoms with Gasteiger partial charge >= 0.3 is 0 Å². The van der Waals surface area contributed by atoms with Crippen molar-refractivity contribution in [2.45, 2.75) is 25.3 Å². The predicted molar refractivity (Wildman–Crippen MR) is 147 cm³/mol. The number of benzene rings is 2. The van der Waals surface area contributed by atoms with Crippen molar-refractivity contribution in [1.82, 2.24) is 14.9 Å². The van der Waals surface area contributed by atoms with Gasteiger partial charge in [-0.1, -0.05) is 12.1 Å². The van der Waals surface area contributed by atoms with Crippen LogP contribution >= 0.6 is 0 Å². The van der Waals surface area contributed by atoms with Crippen molar-refractivity contribution < 1.29 is 14.7 Å². The molecule has 0 aliphatic carbocycles. The van der Waals surface area contributed by atoms with Gasteiger partial charge in [0.1, 0.15) is 6.04 Å². The molecule has 4 N–H and O–H groups in total. The molecule has 2 aliphatic heterocycles. The maximum absolute atomic E-state index is 12.0. The van der Waals surface area contributed by atoms with Gasteiger partial charge in [0.2, 0.25) is 17.8 Å². The van der Waals surface area contributed by atoms with Crippen LogP contribution in [-0.4, -0.2) is 77.2 Å². The first-order valence-corrected chi connectivity index (χ1v) is 13.0. The van der Waals surface area contributed by atoms with Crippen LogP contribution in [0.4, 0.5) is 23.0 Å². The monoisotopic (exact) mass is 515 g/mol. The van der Waals surface area contributed by atoms with Crippen LogP contribution in [0.15, 0.2) is 60.8 Å². The second-order valence-electron chi connectivity index (χ2n) is 9.58. The predicted octanol–water partition coefficient (Wildman–Crippen LogP) is 2.37. The van der Waals surface area contributed by atoms with Crippen LogP contribution in [-0.2, 0) is 9.59 Å². The van der Waals surface area contributed by atoms with Gasteiger partial charge in [0.15, 0.2) is 0 Å². The number of carbonyl (C=O) groups is 2. The molecule has 0 saturated carbocycles. The summed E-state index contributed by atoms with van der Waals surface area (Å²) in [4.78, 5) is 38.9. The fourth-order valence-corrected chi connectivity index (χ4v) is 5.13. The molecular weight excluding hydrogens is 482 g/mol. The first-order valence-electron chi connectivity index (χ1n) is 13.0. The zero-order chi connectivity index (χ0) is 26.5. The molecule has 5 rings (SSSR count). The molecule has 2 fully saturated rings. The van der Waals surface area contributed by atoms with Gasteiger partial charge in [0.05, 0.1) is 12.3 Å². The Morgan fingerprint density at radius 2 is 1.66 bits per heavy atom. The zero-order valence-electron chi connectivity index (χ0n) is 21.3. The molecule has 2 saturated heterocycles. The number of anilines is 4. The summed E-state index contributed by atoms with van der Waals surface area (Å²) < 4.78 is 0. The normalized spacial score (nSPS) is 17.5. The van der Waals surface area contributed by atoms with Crippen LogP contribution in [0.2, 0.25) is 0 Å². The molecule has 3 aromatic rings. The van der Waals surface area contributed by atoms with E-state index in [2.05, 4.69) is 25.1 Å². The molecule has 1 atom stereocenters. The minimum atomic E-state index is -0.278. The Morgan fingerprint density at radius 1 is 0.947 bits per heavy atom. The maximum Gasteiger partial charge on any atom is 0.240 e. The Balaban J connectivity index is 1.20. The summed E-state index contributed by atoms with van der Waals surface area (Å²) in [7, 11) is 0. The molecule has 0 bridgehead atoms. The molecule has 2 amide bonds. The van der Waals surface area contributed by atoms with Gasteiger partial charge in [-0.2, -0.15) is 0 Å². The summed E-state index contributed by atoms with van der Waals surface area (Å²) >= 11 is 0. The number of aliphatic hydroxyl groups excluding tert-OH is 1. The Morgan fingerprint density at radius 3 is 2.34 bits per heavy atom. The van der Waals surface area contributed by atoms with Crippen molar-refractivity contribution >= 4 is 34.8 Å². The minimum Gasteiger partial charge on any atom is -0.396 e. The number of nitrogens with zero attached hydrogens (tertiary/aromatic N) is 5. The SMILES string of the molecule is NC(=O)[C@H]1CCCN1c1ccc(-c2ccnc(Nc3ccc(N4CCN(C(=O)CCO)CC4)cc3)n2)cc1. The first-order chi connectivity index (χ1) is 18.5. The fourth-order valence-electron chi connectivity index (χ4n) is 5.13. The number of nitrogens with two attached hydrogens (primary N) is 1. The van der Waals surface area contributed by atoms with E-state index in [1.807, 2.05) is 59.5 Å². The number of hydrogen-bond acceptors (Lipinski definition) is 8. The average Bonchev–Trinajstić information content (AvgIpc) is 3.45. The van der Waals surface area contributed by atoms with Crippen molar-refractivity contribution in [2.75, 3.05) is 54.4 Å². The number of amides is 2. The fraction of sp³-hybridized carbons (Fsp3) is 0.357. The lowest BCUT2D eigenvalue weighted by molar-refractivity contribution is -0.132. The highest BCUT2D eigenvalue weighted by Crippen LogP contribution is 2.28. The van der Waals surface area contributed by atoms with Gasteiger partial charge in [0, 0.05) is 68.0 Å². The van der Waals surface area contributed by atoms with Gasteiger partial charge in [-0.05, 0) is 55.3 Å². The van der Waals surface area contributed by atoms with E-state index in [1.54, 1.807) is 6.20 Å². The van der Waals surface area contributed by atoms with E-state index in [0.29, 0.717) is 19.0 Å². The Labute approximate surface area is 222 Å². The lowest BCUT2D eigenvalue weighted by Gasteiger charge is -2.36. The quantitative estimate of drug-likeness (QED) is 0.417. The molecule has 10 nitrogen and oxygen atoms in total. The molecular formula is C28H33N7O3. The Hall–Kier alpha value is -4.18. The highest BCUT2D eigenvalue weighted by molar-refractivity contribution is 5.84. The number of carbonyl (C=O) groups excluding carboxylic acids is 2. The third-order valence-electron chi connectivity index (χ3n) is 7.18. The van der Waals surface area contributed by atoms with Crippen LogP contribution < -0.4 is 20.9 Å². The lowest BCUT2D eigenvalue weighted by Crippen LogP contribution is -2.48. The number of primary amides is 1. The van der Waals surface area contributed by atoms with Gasteiger partial charge in [0.25, 0.3) is 0 Å². The summed E-state index contributed by atoms with van der Waals surface area (Å²) in [6.45, 7) is 3.55. The Kier molecular flexibility index (Phi) is 7.69. The molecule has 198 valence electrons. The molecule has 2 aromatic carbocycles. The molecule has 0 spiro atoms. The van der Waals surface area contributed by atoms with Gasteiger partial charge in [-0.25, -0.2) is 9.97 Å². The van der Waals surface area contributed by atoms with Crippen molar-refractivity contribution in [3.05, 3.63) is 60.8 Å². The zero-order valence-corrected chi connectivity index (χ0v) is 21.3. The van der Waals surface area contributed by atoms with Crippen molar-refractivity contribution in [2.24, 2.45) is 5.73 Å². The second-order valence-corrected chi connectivity index (χ2v) is 9.58. The number of piperazine rings is 1. The molecule has 1 aromatic heterocycles. The van der Waals surface area contributed by atoms with Gasteiger partial charge in [-0.15, -0.1) is 0 Å². The van der Waals surface area contributed by atoms with Crippen molar-refractivity contribution in [3.8, 4) is 11.3 Å². The standard InChI is InChI=1S/C28H33N7O3/c29-27(38)25-2-1-14-35(25)23-7-3-20(4-8-23)24-11-13-30-28(32-24)31-21-5-9-22(10-6-21)33-15-17-34(18-16-33)26(37)12-19-36/h3-11,13,25,36H,1-2,12,14-19H2,(H2,29,38)(H,30,31,32)/t25-/m1/s1. The van der Waals surface area contributed by atoms with Crippen molar-refractivity contribution in [3.63, 3.8) is 0 Å². The van der Waals surface area contributed by atoms with E-state index < -0.39 is 0 Å². The van der Waals surface area contributed by atoms with E-state index in [1.165, 1.54) is 0 Å². The molecule has 3 heterocycles. The number of rotatable bonds is 8. The van der Waals surface area contributed by atoms with E-state index >= 15 is 0 Å². The Bertz CT molecular complexity index is 1260. The summed E-state index contributed by atoms with van der Waals surface area (Å²) in [6, 6.07) is 17.7. The van der Waals surface area contributed by atoms with E-state index in [0.717, 1.165) is 60.8 Å². The van der Waals surface area contributed by atoms with Gasteiger partial charge < -0.3 is 30.9 Å². The third-order valence-corrected chi connectivity index (χ3v) is 7.18. The number of aliphatic hydroxyl groups is 1. The van der Waals surface area contributed by atoms with Crippen LogP contribution in [0.3, 0.4) is 0 Å². The molecule has 0 unspecified atom stereocenters. The minimum absolute atomic E-state index is 0.00758. The summed E-state index contributed by atoms with van der Waals surface area (Å²) in [5, 5.41) is 12.3. The van der Waals surface area contributed by atoms with Crippen LogP contribution in [0.25, 0.3) is 11.3 Å². The molecule has 10 heteroatoms. The highest BCUT2D eigenvalue weighted by Gasteiger charge is 2.29. The second kappa shape index (κ2) is 11.5. The number of nitrogens with one attached hydrogen (secondary N) is 1.